The Kier molecular flexibility index (Phi) is 19.0. The molecule has 1 aromatic carbocycles. The number of morpholine rings is 1. The van der Waals surface area contributed by atoms with Crippen LogP contribution in [0.5, 0.6) is 0 Å². The van der Waals surface area contributed by atoms with Crippen molar-refractivity contribution < 1.29 is 28.5 Å². The van der Waals surface area contributed by atoms with Crippen LogP contribution in [0.15, 0.2) is 30.3 Å². The van der Waals surface area contributed by atoms with Crippen molar-refractivity contribution in [2.75, 3.05) is 32.8 Å². The summed E-state index contributed by atoms with van der Waals surface area (Å²) in [5.41, 5.74) is 1.48. The van der Waals surface area contributed by atoms with Crippen LogP contribution in [0.25, 0.3) is 0 Å². The second kappa shape index (κ2) is 19.5. The van der Waals surface area contributed by atoms with Gasteiger partial charge in [0.1, 0.15) is 19.6 Å². The van der Waals surface area contributed by atoms with Crippen LogP contribution in [0, 0.1) is 0 Å². The van der Waals surface area contributed by atoms with Gasteiger partial charge in [-0.1, -0.05) is 101 Å². The molecule has 0 bridgehead atoms. The van der Waals surface area contributed by atoms with Crippen LogP contribution in [0.4, 0.5) is 0 Å². The predicted molar refractivity (Wildman–Crippen MR) is 133 cm³/mol. The van der Waals surface area contributed by atoms with E-state index in [9.17, 15) is 0 Å². The van der Waals surface area contributed by atoms with Crippen LogP contribution >= 0.6 is 7.82 Å². The number of rotatable bonds is 15. The summed E-state index contributed by atoms with van der Waals surface area (Å²) in [6.45, 7) is 9.05. The highest BCUT2D eigenvalue weighted by molar-refractivity contribution is 7.42. The number of hydrogen-bond acceptors (Lipinski definition) is 4. The van der Waals surface area contributed by atoms with Crippen LogP contribution in [0.2, 0.25) is 0 Å². The minimum absolute atomic E-state index is 0. The van der Waals surface area contributed by atoms with Gasteiger partial charge in [-0.15, -0.1) is 0 Å². The van der Waals surface area contributed by atoms with Gasteiger partial charge >= 0.3 is 0 Å². The van der Waals surface area contributed by atoms with Gasteiger partial charge in [0.25, 0.3) is 0 Å². The van der Waals surface area contributed by atoms with Gasteiger partial charge in [-0.3, -0.25) is 0 Å². The monoisotopic (exact) mass is 488 g/mol. The number of quaternary nitrogens is 2. The van der Waals surface area contributed by atoms with Crippen LogP contribution in [-0.4, -0.2) is 42.2 Å². The second-order valence-electron chi connectivity index (χ2n) is 9.13. The molecule has 0 aromatic heterocycles. The normalized spacial score (nSPS) is 15.3. The number of phosphoric acid groups is 1. The molecule has 7 nitrogen and oxygen atoms in total. The zero-order valence-electron chi connectivity index (χ0n) is 21.1. The Morgan fingerprint density at radius 3 is 1.73 bits per heavy atom. The summed E-state index contributed by atoms with van der Waals surface area (Å²) < 4.78 is 15.6. The third kappa shape index (κ3) is 19.2. The molecule has 0 radical (unpaired) electrons. The first-order chi connectivity index (χ1) is 15.3. The number of benzene rings is 1. The average Bonchev–Trinajstić information content (AvgIpc) is 2.75. The topological polar surface area (TPSA) is 129 Å². The van der Waals surface area contributed by atoms with Crippen molar-refractivity contribution in [3.63, 3.8) is 0 Å². The molecule has 1 aromatic rings. The molecule has 1 fully saturated rings. The number of unbranched alkanes of at least 4 members (excludes halogenated alkanes) is 11. The van der Waals surface area contributed by atoms with E-state index in [2.05, 4.69) is 37.3 Å². The van der Waals surface area contributed by atoms with E-state index in [1.807, 2.05) is 0 Å². The fraction of sp³-hybridized carbons (Fsp3) is 0.760. The van der Waals surface area contributed by atoms with E-state index in [-0.39, 0.29) is 6.15 Å². The summed E-state index contributed by atoms with van der Waals surface area (Å²) in [4.78, 5) is 24.3. The summed E-state index contributed by atoms with van der Waals surface area (Å²) in [6.07, 6.45) is 17.2. The van der Waals surface area contributed by atoms with Crippen molar-refractivity contribution in [2.45, 2.75) is 90.5 Å². The Labute approximate surface area is 202 Å². The van der Waals surface area contributed by atoms with Gasteiger partial charge in [-0.25, -0.2) is 0 Å². The molecule has 1 saturated heterocycles. The van der Waals surface area contributed by atoms with Crippen molar-refractivity contribution in [2.24, 2.45) is 0 Å². The molecule has 33 heavy (non-hydrogen) atoms. The SMILES string of the molecule is CCCCCCCCCCCCCC[N+]1(Cc2ccccc2)CCOCC1.O=P([O-])([O-])O.[NH4+]. The molecule has 1 aliphatic heterocycles. The lowest BCUT2D eigenvalue weighted by Gasteiger charge is -2.41. The van der Waals surface area contributed by atoms with Crippen LogP contribution in [0.1, 0.15) is 89.5 Å². The minimum atomic E-state index is -5.14. The number of hydrogen-bond donors (Lipinski definition) is 2. The molecule has 0 atom stereocenters. The maximum absolute atomic E-state index is 8.66. The lowest BCUT2D eigenvalue weighted by Crippen LogP contribution is -2.54. The maximum Gasteiger partial charge on any atom is 0.104 e. The largest absolute Gasteiger partial charge is 0.790 e. The molecule has 0 aliphatic carbocycles. The maximum atomic E-state index is 8.66. The van der Waals surface area contributed by atoms with E-state index in [0.717, 1.165) is 13.2 Å². The van der Waals surface area contributed by atoms with Gasteiger partial charge in [-0.05, 0) is 12.8 Å². The highest BCUT2D eigenvalue weighted by Crippen LogP contribution is 2.20. The fourth-order valence-corrected chi connectivity index (χ4v) is 4.45. The average molecular weight is 489 g/mol. The molecule has 2 rings (SSSR count). The Bertz CT molecular complexity index is 598. The minimum Gasteiger partial charge on any atom is -0.790 e. The highest BCUT2D eigenvalue weighted by Gasteiger charge is 2.29. The van der Waals surface area contributed by atoms with Gasteiger partial charge in [0.05, 0.1) is 27.6 Å². The molecule has 1 aliphatic rings. The van der Waals surface area contributed by atoms with E-state index in [1.54, 1.807) is 0 Å². The molecular weight excluding hydrogens is 439 g/mol. The first kappa shape index (κ1) is 32.2. The Morgan fingerprint density at radius 2 is 1.27 bits per heavy atom. The molecule has 0 spiro atoms. The molecule has 0 amide bonds. The second-order valence-corrected chi connectivity index (χ2v) is 10.1. The van der Waals surface area contributed by atoms with Crippen molar-refractivity contribution in [1.82, 2.24) is 6.15 Å². The molecular formula is C25H49N2O5P. The van der Waals surface area contributed by atoms with Crippen LogP contribution in [-0.2, 0) is 15.8 Å². The molecule has 0 unspecified atom stereocenters. The highest BCUT2D eigenvalue weighted by atomic mass is 31.2. The van der Waals surface area contributed by atoms with E-state index >= 15 is 0 Å². The molecule has 5 N–H and O–H groups in total. The van der Waals surface area contributed by atoms with Gasteiger partial charge < -0.3 is 34.6 Å². The predicted octanol–water partition coefficient (Wildman–Crippen LogP) is 4.92. The van der Waals surface area contributed by atoms with E-state index in [4.69, 9.17) is 24.0 Å². The quantitative estimate of drug-likeness (QED) is 0.206. The summed E-state index contributed by atoms with van der Waals surface area (Å²) in [7, 11) is -5.14. The number of nitrogens with zero attached hydrogens (tertiary/aromatic N) is 1. The standard InChI is InChI=1S/C25H44NO.H3N.H3O4P/c1-2-3-4-5-6-7-8-9-10-11-12-16-19-26(20-22-27-23-21-26)24-25-17-14-13-15-18-25;;1-5(2,3)4/h13-15,17-18H,2-12,16,19-24H2,1H3;1H3;(H3,1,2,3,4)/q+1;;/p-1. The third-order valence-electron chi connectivity index (χ3n) is 6.27. The van der Waals surface area contributed by atoms with Crippen molar-refractivity contribution in [3.8, 4) is 0 Å². The van der Waals surface area contributed by atoms with E-state index in [0.29, 0.717) is 0 Å². The van der Waals surface area contributed by atoms with Crippen molar-refractivity contribution >= 4 is 7.82 Å². The van der Waals surface area contributed by atoms with Crippen molar-refractivity contribution in [3.05, 3.63) is 35.9 Å². The first-order valence-electron chi connectivity index (χ1n) is 12.6. The zero-order chi connectivity index (χ0) is 23.5. The summed E-state index contributed by atoms with van der Waals surface area (Å²) in [5.74, 6) is 0. The van der Waals surface area contributed by atoms with E-state index in [1.165, 1.54) is 113 Å². The van der Waals surface area contributed by atoms with Gasteiger partial charge in [0, 0.05) is 5.56 Å². The zero-order valence-corrected chi connectivity index (χ0v) is 22.0. The van der Waals surface area contributed by atoms with E-state index < -0.39 is 7.82 Å². The molecule has 194 valence electrons. The van der Waals surface area contributed by atoms with Gasteiger partial charge in [0.2, 0.25) is 0 Å². The Balaban J connectivity index is 0.00000154. The van der Waals surface area contributed by atoms with Crippen LogP contribution in [0.3, 0.4) is 0 Å². The summed E-state index contributed by atoms with van der Waals surface area (Å²) in [6, 6.07) is 11.1. The number of ether oxygens (including phenoxy) is 1. The summed E-state index contributed by atoms with van der Waals surface area (Å²) >= 11 is 0. The summed E-state index contributed by atoms with van der Waals surface area (Å²) in [5, 5.41) is 0. The van der Waals surface area contributed by atoms with Gasteiger partial charge in [-0.2, -0.15) is 0 Å². The third-order valence-corrected chi connectivity index (χ3v) is 6.27. The molecule has 1 heterocycles. The van der Waals surface area contributed by atoms with Crippen LogP contribution < -0.4 is 15.9 Å². The fourth-order valence-electron chi connectivity index (χ4n) is 4.45. The van der Waals surface area contributed by atoms with Crippen molar-refractivity contribution in [1.29, 1.82) is 0 Å². The smallest absolute Gasteiger partial charge is 0.104 e. The Hall–Kier alpha value is -0.790. The van der Waals surface area contributed by atoms with Gasteiger partial charge in [0.15, 0.2) is 0 Å². The Morgan fingerprint density at radius 1 is 0.848 bits per heavy atom. The lowest BCUT2D eigenvalue weighted by atomic mass is 10.0. The first-order valence-corrected chi connectivity index (χ1v) is 14.1. The lowest BCUT2D eigenvalue weighted by molar-refractivity contribution is -0.947. The molecule has 8 heteroatoms. The molecule has 0 saturated carbocycles.